The topological polar surface area (TPSA) is 80.9 Å². The van der Waals surface area contributed by atoms with Gasteiger partial charge in [-0.2, -0.15) is 0 Å². The fraction of sp³-hybridized carbons (Fsp3) is 0.182. The van der Waals surface area contributed by atoms with E-state index in [1.165, 1.54) is 11.3 Å². The van der Waals surface area contributed by atoms with E-state index >= 15 is 0 Å². The summed E-state index contributed by atoms with van der Waals surface area (Å²) < 4.78 is 0.722. The van der Waals surface area contributed by atoms with E-state index in [2.05, 4.69) is 31.2 Å². The molecule has 0 aromatic carbocycles. The number of nitrogens with one attached hydrogen (secondary N) is 1. The van der Waals surface area contributed by atoms with E-state index in [0.717, 1.165) is 9.61 Å². The molecule has 2 rings (SSSR count). The highest BCUT2D eigenvalue weighted by molar-refractivity contribution is 9.10. The summed E-state index contributed by atoms with van der Waals surface area (Å²) in [6.45, 7) is 0.533. The predicted molar refractivity (Wildman–Crippen MR) is 74.8 cm³/mol. The standard InChI is InChI=1S/C11H11BrN4OS/c12-9-2-1-7(5-14-9)15-11(17)8-6-18-10(16-8)3-4-13/h1-2,5-6H,3-4,13H2,(H,15,17). The molecule has 94 valence electrons. The van der Waals surface area contributed by atoms with Gasteiger partial charge < -0.3 is 11.1 Å². The van der Waals surface area contributed by atoms with E-state index in [4.69, 9.17) is 5.73 Å². The van der Waals surface area contributed by atoms with E-state index in [1.54, 1.807) is 23.7 Å². The van der Waals surface area contributed by atoms with Crippen molar-refractivity contribution in [1.82, 2.24) is 9.97 Å². The minimum Gasteiger partial charge on any atom is -0.330 e. The first-order valence-electron chi connectivity index (χ1n) is 5.26. The third-order valence-corrected chi connectivity index (χ3v) is 3.51. The molecule has 0 aliphatic heterocycles. The molecule has 5 nitrogen and oxygen atoms in total. The molecule has 2 aromatic heterocycles. The molecule has 0 bridgehead atoms. The highest BCUT2D eigenvalue weighted by atomic mass is 79.9. The summed E-state index contributed by atoms with van der Waals surface area (Å²) in [5.41, 5.74) is 6.48. The summed E-state index contributed by atoms with van der Waals surface area (Å²) in [6, 6.07) is 3.53. The van der Waals surface area contributed by atoms with E-state index < -0.39 is 0 Å². The summed E-state index contributed by atoms with van der Waals surface area (Å²) in [7, 11) is 0. The van der Waals surface area contributed by atoms with Crippen molar-refractivity contribution in [2.45, 2.75) is 6.42 Å². The van der Waals surface area contributed by atoms with Crippen LogP contribution in [0.1, 0.15) is 15.5 Å². The molecule has 0 spiro atoms. The summed E-state index contributed by atoms with van der Waals surface area (Å²) in [4.78, 5) is 20.1. The lowest BCUT2D eigenvalue weighted by molar-refractivity contribution is 0.102. The van der Waals surface area contributed by atoms with Gasteiger partial charge in [0, 0.05) is 11.8 Å². The van der Waals surface area contributed by atoms with Crippen molar-refractivity contribution in [3.05, 3.63) is 39.0 Å². The maximum atomic E-state index is 11.9. The van der Waals surface area contributed by atoms with Gasteiger partial charge in [-0.05, 0) is 34.6 Å². The average Bonchev–Trinajstić information content (AvgIpc) is 2.81. The van der Waals surface area contributed by atoms with Crippen LogP contribution in [-0.4, -0.2) is 22.4 Å². The van der Waals surface area contributed by atoms with Crippen LogP contribution in [0.5, 0.6) is 0 Å². The quantitative estimate of drug-likeness (QED) is 0.842. The number of nitrogens with zero attached hydrogens (tertiary/aromatic N) is 2. The van der Waals surface area contributed by atoms with Crippen molar-refractivity contribution in [2.75, 3.05) is 11.9 Å². The number of halogens is 1. The van der Waals surface area contributed by atoms with Crippen LogP contribution in [0.15, 0.2) is 28.3 Å². The van der Waals surface area contributed by atoms with Gasteiger partial charge in [0.2, 0.25) is 0 Å². The number of pyridine rings is 1. The third-order valence-electron chi connectivity index (χ3n) is 2.13. The van der Waals surface area contributed by atoms with Gasteiger partial charge in [-0.15, -0.1) is 11.3 Å². The zero-order valence-corrected chi connectivity index (χ0v) is 11.8. The molecule has 0 aliphatic rings. The second-order valence-electron chi connectivity index (χ2n) is 3.49. The Labute approximate surface area is 117 Å². The van der Waals surface area contributed by atoms with Crippen LogP contribution in [0.3, 0.4) is 0 Å². The largest absolute Gasteiger partial charge is 0.330 e. The summed E-state index contributed by atoms with van der Waals surface area (Å²) in [6.07, 6.45) is 2.27. The maximum Gasteiger partial charge on any atom is 0.275 e. The van der Waals surface area contributed by atoms with Gasteiger partial charge in [-0.3, -0.25) is 4.79 Å². The summed E-state index contributed by atoms with van der Waals surface area (Å²) in [5.74, 6) is -0.237. The van der Waals surface area contributed by atoms with E-state index in [0.29, 0.717) is 24.3 Å². The van der Waals surface area contributed by atoms with Crippen LogP contribution in [0, 0.1) is 0 Å². The number of thiazole rings is 1. The Bertz CT molecular complexity index is 540. The highest BCUT2D eigenvalue weighted by Crippen LogP contribution is 2.14. The van der Waals surface area contributed by atoms with Crippen LogP contribution in [0.25, 0.3) is 0 Å². The molecule has 0 atom stereocenters. The number of amides is 1. The Kier molecular flexibility index (Phi) is 4.40. The van der Waals surface area contributed by atoms with Gasteiger partial charge in [-0.1, -0.05) is 0 Å². The summed E-state index contributed by atoms with van der Waals surface area (Å²) in [5, 5.41) is 5.33. The first-order chi connectivity index (χ1) is 8.69. The first kappa shape index (κ1) is 13.1. The molecule has 2 heterocycles. The number of anilines is 1. The van der Waals surface area contributed by atoms with Gasteiger partial charge in [-0.25, -0.2) is 9.97 Å². The Hall–Kier alpha value is -1.31. The van der Waals surface area contributed by atoms with Crippen LogP contribution < -0.4 is 11.1 Å². The van der Waals surface area contributed by atoms with Crippen molar-refractivity contribution >= 4 is 38.9 Å². The zero-order valence-electron chi connectivity index (χ0n) is 9.39. The molecule has 0 radical (unpaired) electrons. The van der Waals surface area contributed by atoms with Crippen LogP contribution in [0.4, 0.5) is 5.69 Å². The monoisotopic (exact) mass is 326 g/mol. The smallest absolute Gasteiger partial charge is 0.275 e. The minimum absolute atomic E-state index is 0.237. The molecular weight excluding hydrogens is 316 g/mol. The molecule has 0 saturated carbocycles. The molecule has 18 heavy (non-hydrogen) atoms. The third kappa shape index (κ3) is 3.34. The SMILES string of the molecule is NCCc1nc(C(=O)Nc2ccc(Br)nc2)cs1. The zero-order chi connectivity index (χ0) is 13.0. The van der Waals surface area contributed by atoms with Crippen LogP contribution in [-0.2, 0) is 6.42 Å². The molecule has 0 saturated heterocycles. The Morgan fingerprint density at radius 1 is 1.50 bits per heavy atom. The van der Waals surface area contributed by atoms with Crippen LogP contribution >= 0.6 is 27.3 Å². The molecular formula is C11H11BrN4OS. The van der Waals surface area contributed by atoms with Crippen molar-refractivity contribution in [2.24, 2.45) is 5.73 Å². The molecule has 1 amide bonds. The van der Waals surface area contributed by atoms with Crippen molar-refractivity contribution in [3.63, 3.8) is 0 Å². The lowest BCUT2D eigenvalue weighted by atomic mass is 10.4. The number of carbonyl (C=O) groups excluding carboxylic acids is 1. The second kappa shape index (κ2) is 6.03. The number of rotatable bonds is 4. The molecule has 2 aromatic rings. The lowest BCUT2D eigenvalue weighted by Crippen LogP contribution is -2.12. The van der Waals surface area contributed by atoms with E-state index in [-0.39, 0.29) is 5.91 Å². The number of carbonyl (C=O) groups is 1. The van der Waals surface area contributed by atoms with Gasteiger partial charge >= 0.3 is 0 Å². The van der Waals surface area contributed by atoms with E-state index in [1.807, 2.05) is 0 Å². The normalized spacial score (nSPS) is 10.3. The van der Waals surface area contributed by atoms with Gasteiger partial charge in [0.15, 0.2) is 0 Å². The van der Waals surface area contributed by atoms with Gasteiger partial charge in [0.05, 0.1) is 16.9 Å². The molecule has 0 fully saturated rings. The Morgan fingerprint density at radius 3 is 3.00 bits per heavy atom. The fourth-order valence-corrected chi connectivity index (χ4v) is 2.33. The Balaban J connectivity index is 2.04. The molecule has 0 unspecified atom stereocenters. The highest BCUT2D eigenvalue weighted by Gasteiger charge is 2.10. The first-order valence-corrected chi connectivity index (χ1v) is 6.93. The number of hydrogen-bond acceptors (Lipinski definition) is 5. The van der Waals surface area contributed by atoms with Gasteiger partial charge in [0.1, 0.15) is 10.3 Å². The number of hydrogen-bond donors (Lipinski definition) is 2. The second-order valence-corrected chi connectivity index (χ2v) is 5.24. The Morgan fingerprint density at radius 2 is 2.33 bits per heavy atom. The fourth-order valence-electron chi connectivity index (χ4n) is 1.30. The minimum atomic E-state index is -0.237. The van der Waals surface area contributed by atoms with Crippen LogP contribution in [0.2, 0.25) is 0 Å². The lowest BCUT2D eigenvalue weighted by Gasteiger charge is -2.02. The maximum absolute atomic E-state index is 11.9. The van der Waals surface area contributed by atoms with Crippen molar-refractivity contribution < 1.29 is 4.79 Å². The van der Waals surface area contributed by atoms with Gasteiger partial charge in [0.25, 0.3) is 5.91 Å². The van der Waals surface area contributed by atoms with Crippen molar-refractivity contribution in [3.8, 4) is 0 Å². The average molecular weight is 327 g/mol. The summed E-state index contributed by atoms with van der Waals surface area (Å²) >= 11 is 4.67. The molecule has 0 aliphatic carbocycles. The van der Waals surface area contributed by atoms with E-state index in [9.17, 15) is 4.79 Å². The number of nitrogens with two attached hydrogens (primary N) is 1. The molecule has 3 N–H and O–H groups in total. The predicted octanol–water partition coefficient (Wildman–Crippen LogP) is 2.05. The number of aromatic nitrogens is 2. The van der Waals surface area contributed by atoms with Crippen molar-refractivity contribution in [1.29, 1.82) is 0 Å². The molecule has 7 heteroatoms.